The van der Waals surface area contributed by atoms with E-state index in [1.165, 1.54) is 26.2 Å². The number of thioether (sulfide) groups is 1. The van der Waals surface area contributed by atoms with Gasteiger partial charge in [-0.05, 0) is 19.4 Å². The number of amides is 1. The number of sulfonamides is 1. The third-order valence-corrected chi connectivity index (χ3v) is 7.08. The van der Waals surface area contributed by atoms with Gasteiger partial charge in [-0.15, -0.1) is 10.2 Å². The highest BCUT2D eigenvalue weighted by Crippen LogP contribution is 2.30. The Balaban J connectivity index is 2.25. The summed E-state index contributed by atoms with van der Waals surface area (Å²) in [7, 11) is -2.72. The van der Waals surface area contributed by atoms with Crippen molar-refractivity contribution in [3.8, 4) is 0 Å². The standard InChI is InChI=1S/C16H19N5O7S3/c1-9-5-6-11(21(24)25)7-12(9)20(31(4,26)27)10(2)14(23)17-15-18-19-16(30-15)29-8-13(22)28-3/h5-7,10H,8H2,1-4H3,(H,17,18,23)/t10-/m0/s1. The number of hydrogen-bond donors (Lipinski definition) is 1. The van der Waals surface area contributed by atoms with Crippen LogP contribution in [0.2, 0.25) is 0 Å². The lowest BCUT2D eigenvalue weighted by molar-refractivity contribution is -0.384. The lowest BCUT2D eigenvalue weighted by Crippen LogP contribution is -2.45. The molecule has 0 saturated heterocycles. The molecule has 1 amide bonds. The van der Waals surface area contributed by atoms with Crippen molar-refractivity contribution in [2.45, 2.75) is 24.2 Å². The first-order valence-corrected chi connectivity index (χ1v) is 12.2. The van der Waals surface area contributed by atoms with Gasteiger partial charge < -0.3 is 4.74 Å². The first kappa shape index (κ1) is 24.5. The first-order chi connectivity index (χ1) is 14.4. The molecule has 0 aliphatic carbocycles. The van der Waals surface area contributed by atoms with Crippen molar-refractivity contribution >= 4 is 61.5 Å². The van der Waals surface area contributed by atoms with E-state index in [2.05, 4.69) is 20.3 Å². The monoisotopic (exact) mass is 489 g/mol. The Morgan fingerprint density at radius 1 is 1.39 bits per heavy atom. The number of carbonyl (C=O) groups excluding carboxylic acids is 2. The number of aryl methyl sites for hydroxylation is 1. The summed E-state index contributed by atoms with van der Waals surface area (Å²) in [6.45, 7) is 2.93. The van der Waals surface area contributed by atoms with Crippen LogP contribution in [-0.4, -0.2) is 60.6 Å². The van der Waals surface area contributed by atoms with Gasteiger partial charge in [0.15, 0.2) is 4.34 Å². The third-order valence-electron chi connectivity index (χ3n) is 3.91. The molecule has 2 rings (SSSR count). The van der Waals surface area contributed by atoms with Crippen molar-refractivity contribution in [1.29, 1.82) is 0 Å². The Bertz CT molecular complexity index is 1100. The Kier molecular flexibility index (Phi) is 7.91. The molecule has 168 valence electrons. The predicted molar refractivity (Wildman–Crippen MR) is 116 cm³/mol. The summed E-state index contributed by atoms with van der Waals surface area (Å²) in [5, 5.41) is 21.3. The van der Waals surface area contributed by atoms with E-state index >= 15 is 0 Å². The molecular weight excluding hydrogens is 470 g/mol. The van der Waals surface area contributed by atoms with Gasteiger partial charge in [-0.3, -0.25) is 29.3 Å². The zero-order valence-electron chi connectivity index (χ0n) is 16.9. The topological polar surface area (TPSA) is 162 Å². The maximum absolute atomic E-state index is 12.7. The second-order valence-corrected chi connectivity index (χ2v) is 10.2. The van der Waals surface area contributed by atoms with Gasteiger partial charge in [-0.2, -0.15) is 0 Å². The summed E-state index contributed by atoms with van der Waals surface area (Å²) in [6.07, 6.45) is 0.904. The molecule has 0 radical (unpaired) electrons. The van der Waals surface area contributed by atoms with Crippen LogP contribution < -0.4 is 9.62 Å². The summed E-state index contributed by atoms with van der Waals surface area (Å²) >= 11 is 2.07. The number of anilines is 2. The maximum atomic E-state index is 12.7. The number of hydrogen-bond acceptors (Lipinski definition) is 11. The highest BCUT2D eigenvalue weighted by atomic mass is 32.2. The van der Waals surface area contributed by atoms with Gasteiger partial charge >= 0.3 is 5.97 Å². The highest BCUT2D eigenvalue weighted by molar-refractivity contribution is 8.01. The molecule has 0 aliphatic heterocycles. The number of rotatable bonds is 9. The van der Waals surface area contributed by atoms with Crippen LogP contribution in [-0.2, 0) is 24.3 Å². The molecule has 1 atom stereocenters. The normalized spacial score (nSPS) is 12.1. The number of carbonyl (C=O) groups is 2. The number of nitrogens with zero attached hydrogens (tertiary/aromatic N) is 4. The molecule has 0 unspecified atom stereocenters. The molecule has 0 fully saturated rings. The molecular formula is C16H19N5O7S3. The number of non-ortho nitro benzene ring substituents is 1. The molecule has 2 aromatic rings. The van der Waals surface area contributed by atoms with E-state index in [1.807, 2.05) is 0 Å². The summed E-state index contributed by atoms with van der Waals surface area (Å²) in [5.41, 5.74) is 0.150. The lowest BCUT2D eigenvalue weighted by Gasteiger charge is -2.29. The highest BCUT2D eigenvalue weighted by Gasteiger charge is 2.31. The van der Waals surface area contributed by atoms with Crippen LogP contribution >= 0.6 is 23.1 Å². The summed E-state index contributed by atoms with van der Waals surface area (Å²) < 4.78 is 30.7. The van der Waals surface area contributed by atoms with Gasteiger partial charge in [0.25, 0.3) is 5.69 Å². The van der Waals surface area contributed by atoms with E-state index in [9.17, 15) is 28.1 Å². The second kappa shape index (κ2) is 10.0. The Hall–Kier alpha value is -2.78. The molecule has 1 aromatic heterocycles. The smallest absolute Gasteiger partial charge is 0.316 e. The van der Waals surface area contributed by atoms with E-state index in [0.717, 1.165) is 39.7 Å². The van der Waals surface area contributed by atoms with Gasteiger partial charge in [0.1, 0.15) is 6.04 Å². The Labute approximate surface area is 186 Å². The third kappa shape index (κ3) is 6.35. The van der Waals surface area contributed by atoms with E-state index in [-0.39, 0.29) is 22.3 Å². The predicted octanol–water partition coefficient (Wildman–Crippen LogP) is 1.81. The molecule has 15 heteroatoms. The molecule has 12 nitrogen and oxygen atoms in total. The van der Waals surface area contributed by atoms with Crippen LogP contribution in [0.3, 0.4) is 0 Å². The number of methoxy groups -OCH3 is 1. The molecule has 31 heavy (non-hydrogen) atoms. The van der Waals surface area contributed by atoms with Crippen LogP contribution in [0.5, 0.6) is 0 Å². The minimum absolute atomic E-state index is 0.0173. The average molecular weight is 490 g/mol. The molecule has 0 bridgehead atoms. The Morgan fingerprint density at radius 2 is 2.06 bits per heavy atom. The fraction of sp³-hybridized carbons (Fsp3) is 0.375. The fourth-order valence-electron chi connectivity index (χ4n) is 2.44. The van der Waals surface area contributed by atoms with E-state index in [1.54, 1.807) is 6.92 Å². The number of nitro benzene ring substituents is 1. The summed E-state index contributed by atoms with van der Waals surface area (Å²) in [4.78, 5) is 34.4. The Morgan fingerprint density at radius 3 is 2.65 bits per heavy atom. The number of nitrogens with one attached hydrogen (secondary N) is 1. The number of nitro groups is 1. The van der Waals surface area contributed by atoms with E-state index < -0.39 is 32.9 Å². The van der Waals surface area contributed by atoms with Crippen LogP contribution in [0.25, 0.3) is 0 Å². The quantitative estimate of drug-likeness (QED) is 0.181. The van der Waals surface area contributed by atoms with Crippen molar-refractivity contribution in [1.82, 2.24) is 10.2 Å². The maximum Gasteiger partial charge on any atom is 0.316 e. The summed E-state index contributed by atoms with van der Waals surface area (Å²) in [5.74, 6) is -1.14. The van der Waals surface area contributed by atoms with Gasteiger partial charge in [-0.1, -0.05) is 29.2 Å². The number of benzene rings is 1. The van der Waals surface area contributed by atoms with Crippen LogP contribution in [0.1, 0.15) is 12.5 Å². The van der Waals surface area contributed by atoms with Crippen molar-refractivity contribution in [2.75, 3.05) is 28.7 Å². The molecule has 0 spiro atoms. The molecule has 1 heterocycles. The number of esters is 1. The van der Waals surface area contributed by atoms with Gasteiger partial charge in [-0.25, -0.2) is 8.42 Å². The fourth-order valence-corrected chi connectivity index (χ4v) is 5.25. The van der Waals surface area contributed by atoms with Crippen molar-refractivity contribution in [3.63, 3.8) is 0 Å². The van der Waals surface area contributed by atoms with Crippen molar-refractivity contribution in [3.05, 3.63) is 33.9 Å². The van der Waals surface area contributed by atoms with Crippen LogP contribution in [0.4, 0.5) is 16.5 Å². The SMILES string of the molecule is COC(=O)CSc1nnc(NC(=O)[C@H](C)N(c2cc([N+](=O)[O-])ccc2C)S(C)(=O)=O)s1. The van der Waals surface area contributed by atoms with Gasteiger partial charge in [0, 0.05) is 12.1 Å². The molecule has 0 aliphatic rings. The minimum Gasteiger partial charge on any atom is -0.468 e. The minimum atomic E-state index is -3.97. The zero-order chi connectivity index (χ0) is 23.3. The van der Waals surface area contributed by atoms with Crippen molar-refractivity contribution < 1.29 is 27.7 Å². The van der Waals surface area contributed by atoms with Crippen LogP contribution in [0, 0.1) is 17.0 Å². The average Bonchev–Trinajstić information content (AvgIpc) is 3.13. The second-order valence-electron chi connectivity index (χ2n) is 6.19. The number of ether oxygens (including phenoxy) is 1. The van der Waals surface area contributed by atoms with Crippen molar-refractivity contribution in [2.24, 2.45) is 0 Å². The first-order valence-electron chi connectivity index (χ1n) is 8.52. The van der Waals surface area contributed by atoms with E-state index in [0.29, 0.717) is 9.90 Å². The van der Waals surface area contributed by atoms with Gasteiger partial charge in [0.2, 0.25) is 21.1 Å². The largest absolute Gasteiger partial charge is 0.468 e. The van der Waals surface area contributed by atoms with Crippen LogP contribution in [0.15, 0.2) is 22.5 Å². The zero-order valence-corrected chi connectivity index (χ0v) is 19.3. The van der Waals surface area contributed by atoms with Gasteiger partial charge in [0.05, 0.1) is 29.7 Å². The molecule has 1 aromatic carbocycles. The molecule has 0 saturated carbocycles. The van der Waals surface area contributed by atoms with E-state index in [4.69, 9.17) is 0 Å². The molecule has 1 N–H and O–H groups in total. The number of aromatic nitrogens is 2. The lowest BCUT2D eigenvalue weighted by atomic mass is 10.1. The summed E-state index contributed by atoms with van der Waals surface area (Å²) in [6, 6.07) is 2.52.